The molecular formula is C17H20BrN3O2. The smallest absolute Gasteiger partial charge is 0.234 e. The molecule has 5 nitrogen and oxygen atoms in total. The Hall–Kier alpha value is -1.87. The van der Waals surface area contributed by atoms with Gasteiger partial charge in [0.05, 0.1) is 6.07 Å². The van der Waals surface area contributed by atoms with Crippen molar-refractivity contribution in [1.29, 1.82) is 5.26 Å². The number of hydrogen-bond donors (Lipinski definition) is 1. The number of nitriles is 1. The van der Waals surface area contributed by atoms with Crippen LogP contribution >= 0.6 is 15.9 Å². The van der Waals surface area contributed by atoms with Gasteiger partial charge in [-0.05, 0) is 37.0 Å². The fraction of sp³-hybridized carbons (Fsp3) is 0.471. The highest BCUT2D eigenvalue weighted by molar-refractivity contribution is 9.10. The van der Waals surface area contributed by atoms with E-state index in [9.17, 15) is 9.59 Å². The summed E-state index contributed by atoms with van der Waals surface area (Å²) in [4.78, 5) is 25.5. The first kappa shape index (κ1) is 17.5. The summed E-state index contributed by atoms with van der Waals surface area (Å²) in [6.07, 6.45) is 2.63. The molecule has 2 amide bonds. The van der Waals surface area contributed by atoms with Gasteiger partial charge in [-0.3, -0.25) is 9.59 Å². The Kier molecular flexibility index (Phi) is 6.60. The predicted molar refractivity (Wildman–Crippen MR) is 90.4 cm³/mol. The van der Waals surface area contributed by atoms with Gasteiger partial charge in [0.1, 0.15) is 6.42 Å². The number of hydrogen-bond acceptors (Lipinski definition) is 3. The van der Waals surface area contributed by atoms with Gasteiger partial charge in [-0.1, -0.05) is 28.1 Å². The van der Waals surface area contributed by atoms with Crippen LogP contribution in [0.25, 0.3) is 0 Å². The number of likely N-dealkylation sites (tertiary alicyclic amines) is 1. The molecule has 0 aromatic heterocycles. The molecule has 2 rings (SSSR count). The van der Waals surface area contributed by atoms with Crippen LogP contribution in [0.3, 0.4) is 0 Å². The lowest BCUT2D eigenvalue weighted by Gasteiger charge is -2.32. The second-order valence-corrected chi connectivity index (χ2v) is 6.60. The zero-order valence-corrected chi connectivity index (χ0v) is 14.5. The minimum absolute atomic E-state index is 0.0741. The lowest BCUT2D eigenvalue weighted by molar-refractivity contribution is -0.132. The highest BCUT2D eigenvalue weighted by Crippen LogP contribution is 2.15. The number of halogens is 1. The minimum Gasteiger partial charge on any atom is -0.352 e. The average Bonchev–Trinajstić information content (AvgIpc) is 2.53. The van der Waals surface area contributed by atoms with Gasteiger partial charge >= 0.3 is 0 Å². The van der Waals surface area contributed by atoms with Gasteiger partial charge in [-0.15, -0.1) is 0 Å². The Labute approximate surface area is 144 Å². The standard InChI is InChI=1S/C17H20BrN3O2/c18-14-3-1-2-13(12-14)4-5-17(23)21-10-7-15(8-11-21)20-16(22)6-9-19/h1-3,12,15H,4-8,10-11H2,(H,20,22). The van der Waals surface area contributed by atoms with E-state index in [-0.39, 0.29) is 24.3 Å². The summed E-state index contributed by atoms with van der Waals surface area (Å²) in [6.45, 7) is 1.32. The third-order valence-corrected chi connectivity index (χ3v) is 4.46. The van der Waals surface area contributed by atoms with Crippen LogP contribution < -0.4 is 5.32 Å². The predicted octanol–water partition coefficient (Wildman–Crippen LogP) is 2.40. The molecule has 1 fully saturated rings. The fourth-order valence-electron chi connectivity index (χ4n) is 2.73. The molecule has 0 aliphatic carbocycles. The lowest BCUT2D eigenvalue weighted by Crippen LogP contribution is -2.46. The highest BCUT2D eigenvalue weighted by atomic mass is 79.9. The molecule has 0 radical (unpaired) electrons. The molecule has 1 aromatic carbocycles. The highest BCUT2D eigenvalue weighted by Gasteiger charge is 2.23. The molecule has 1 aromatic rings. The third kappa shape index (κ3) is 5.68. The van der Waals surface area contributed by atoms with Crippen molar-refractivity contribution in [2.45, 2.75) is 38.1 Å². The van der Waals surface area contributed by atoms with Crippen LogP contribution in [-0.2, 0) is 16.0 Å². The van der Waals surface area contributed by atoms with Crippen LogP contribution in [0.5, 0.6) is 0 Å². The van der Waals surface area contributed by atoms with E-state index in [1.54, 1.807) is 0 Å². The summed E-state index contributed by atoms with van der Waals surface area (Å²) in [6, 6.07) is 9.91. The topological polar surface area (TPSA) is 73.2 Å². The summed E-state index contributed by atoms with van der Waals surface area (Å²) < 4.78 is 1.02. The summed E-state index contributed by atoms with van der Waals surface area (Å²) in [5.41, 5.74) is 1.14. The van der Waals surface area contributed by atoms with E-state index in [1.165, 1.54) is 0 Å². The molecule has 0 spiro atoms. The van der Waals surface area contributed by atoms with E-state index in [4.69, 9.17) is 5.26 Å². The summed E-state index contributed by atoms with van der Waals surface area (Å²) in [5.74, 6) is -0.0706. The Morgan fingerprint density at radius 1 is 1.35 bits per heavy atom. The van der Waals surface area contributed by atoms with E-state index < -0.39 is 0 Å². The molecule has 0 unspecified atom stereocenters. The van der Waals surface area contributed by atoms with Crippen molar-refractivity contribution in [3.05, 3.63) is 34.3 Å². The van der Waals surface area contributed by atoms with Gasteiger partial charge in [-0.25, -0.2) is 0 Å². The molecule has 1 aliphatic rings. The molecule has 1 aliphatic heterocycles. The molecule has 0 saturated carbocycles. The van der Waals surface area contributed by atoms with Gasteiger partial charge in [-0.2, -0.15) is 5.26 Å². The summed E-state index contributed by atoms with van der Waals surface area (Å²) in [5, 5.41) is 11.3. The van der Waals surface area contributed by atoms with E-state index in [0.717, 1.165) is 29.3 Å². The molecule has 23 heavy (non-hydrogen) atoms. The second kappa shape index (κ2) is 8.68. The van der Waals surface area contributed by atoms with Crippen LogP contribution in [-0.4, -0.2) is 35.8 Å². The maximum atomic E-state index is 12.3. The number of rotatable bonds is 5. The largest absolute Gasteiger partial charge is 0.352 e. The van der Waals surface area contributed by atoms with E-state index >= 15 is 0 Å². The number of amides is 2. The van der Waals surface area contributed by atoms with E-state index in [0.29, 0.717) is 19.5 Å². The van der Waals surface area contributed by atoms with E-state index in [1.807, 2.05) is 35.2 Å². The fourth-order valence-corrected chi connectivity index (χ4v) is 3.17. The van der Waals surface area contributed by atoms with Crippen molar-refractivity contribution < 1.29 is 9.59 Å². The number of benzene rings is 1. The molecule has 1 saturated heterocycles. The zero-order chi connectivity index (χ0) is 16.7. The lowest BCUT2D eigenvalue weighted by atomic mass is 10.0. The van der Waals surface area contributed by atoms with Gasteiger partial charge in [0.2, 0.25) is 11.8 Å². The summed E-state index contributed by atoms with van der Waals surface area (Å²) in [7, 11) is 0. The number of carbonyl (C=O) groups is 2. The Morgan fingerprint density at radius 2 is 2.09 bits per heavy atom. The van der Waals surface area contributed by atoms with Crippen molar-refractivity contribution in [1.82, 2.24) is 10.2 Å². The average molecular weight is 378 g/mol. The SMILES string of the molecule is N#CCC(=O)NC1CCN(C(=O)CCc2cccc(Br)c2)CC1. The van der Waals surface area contributed by atoms with Crippen molar-refractivity contribution in [3.63, 3.8) is 0 Å². The summed E-state index contributed by atoms with van der Waals surface area (Å²) >= 11 is 3.43. The second-order valence-electron chi connectivity index (χ2n) is 5.69. The monoisotopic (exact) mass is 377 g/mol. The van der Waals surface area contributed by atoms with Crippen LogP contribution in [0.1, 0.15) is 31.2 Å². The van der Waals surface area contributed by atoms with Crippen LogP contribution in [0, 0.1) is 11.3 Å². The van der Waals surface area contributed by atoms with Crippen molar-refractivity contribution in [3.8, 4) is 6.07 Å². The van der Waals surface area contributed by atoms with E-state index in [2.05, 4.69) is 21.2 Å². The number of carbonyl (C=O) groups excluding carboxylic acids is 2. The quantitative estimate of drug-likeness (QED) is 0.855. The van der Waals surface area contributed by atoms with Gasteiger partial charge < -0.3 is 10.2 Å². The van der Waals surface area contributed by atoms with Crippen LogP contribution in [0.2, 0.25) is 0 Å². The Bertz CT molecular complexity index is 604. The minimum atomic E-state index is -0.230. The molecular weight excluding hydrogens is 358 g/mol. The normalized spacial score (nSPS) is 15.0. The first-order chi connectivity index (χ1) is 11.1. The maximum absolute atomic E-state index is 12.3. The zero-order valence-electron chi connectivity index (χ0n) is 12.9. The van der Waals surface area contributed by atoms with Crippen molar-refractivity contribution >= 4 is 27.7 Å². The Morgan fingerprint density at radius 3 is 2.74 bits per heavy atom. The third-order valence-electron chi connectivity index (χ3n) is 3.97. The first-order valence-corrected chi connectivity index (χ1v) is 8.56. The number of nitrogens with zero attached hydrogens (tertiary/aromatic N) is 2. The van der Waals surface area contributed by atoms with Crippen molar-refractivity contribution in [2.75, 3.05) is 13.1 Å². The van der Waals surface area contributed by atoms with Gasteiger partial charge in [0, 0.05) is 30.0 Å². The van der Waals surface area contributed by atoms with Crippen LogP contribution in [0.4, 0.5) is 0 Å². The van der Waals surface area contributed by atoms with Crippen molar-refractivity contribution in [2.24, 2.45) is 0 Å². The van der Waals surface area contributed by atoms with Gasteiger partial charge in [0.15, 0.2) is 0 Å². The first-order valence-electron chi connectivity index (χ1n) is 7.77. The molecule has 1 N–H and O–H groups in total. The van der Waals surface area contributed by atoms with Crippen LogP contribution in [0.15, 0.2) is 28.7 Å². The molecule has 0 atom stereocenters. The molecule has 0 bridgehead atoms. The Balaban J connectivity index is 1.73. The number of nitrogens with one attached hydrogen (secondary N) is 1. The maximum Gasteiger partial charge on any atom is 0.234 e. The van der Waals surface area contributed by atoms with Gasteiger partial charge in [0.25, 0.3) is 0 Å². The molecule has 122 valence electrons. The molecule has 6 heteroatoms. The molecule has 1 heterocycles. The number of piperidine rings is 1. The number of aryl methyl sites for hydroxylation is 1.